The van der Waals surface area contributed by atoms with Crippen LogP contribution in [0.2, 0.25) is 0 Å². The zero-order chi connectivity index (χ0) is 17.4. The number of methoxy groups -OCH3 is 1. The zero-order valence-corrected chi connectivity index (χ0v) is 14.7. The van der Waals surface area contributed by atoms with Gasteiger partial charge in [0.25, 0.3) is 0 Å². The van der Waals surface area contributed by atoms with Crippen molar-refractivity contribution < 1.29 is 14.3 Å². The molecule has 4 rings (SSSR count). The summed E-state index contributed by atoms with van der Waals surface area (Å²) in [7, 11) is 1.66. The third kappa shape index (κ3) is 3.30. The number of likely N-dealkylation sites (tertiary alicyclic amines) is 1. The lowest BCUT2D eigenvalue weighted by Gasteiger charge is -2.37. The van der Waals surface area contributed by atoms with Gasteiger partial charge in [-0.15, -0.1) is 0 Å². The topological polar surface area (TPSA) is 53.1 Å². The van der Waals surface area contributed by atoms with Crippen LogP contribution in [-0.4, -0.2) is 67.5 Å². The SMILES string of the molecule is COc1ccc(N2CCN(C(=O)[C@H]3CC(=O)N(C4CC4)C3)CC2)cc1. The number of benzene rings is 1. The van der Waals surface area contributed by atoms with Gasteiger partial charge in [0, 0.05) is 50.9 Å². The van der Waals surface area contributed by atoms with E-state index >= 15 is 0 Å². The van der Waals surface area contributed by atoms with E-state index in [-0.39, 0.29) is 17.7 Å². The summed E-state index contributed by atoms with van der Waals surface area (Å²) in [6.45, 7) is 3.72. The number of hydrogen-bond donors (Lipinski definition) is 0. The maximum Gasteiger partial charge on any atom is 0.228 e. The van der Waals surface area contributed by atoms with Gasteiger partial charge in [0.15, 0.2) is 0 Å². The molecule has 0 bridgehead atoms. The number of rotatable bonds is 4. The largest absolute Gasteiger partial charge is 0.497 e. The first-order valence-corrected chi connectivity index (χ1v) is 9.13. The van der Waals surface area contributed by atoms with E-state index in [1.807, 2.05) is 21.9 Å². The van der Waals surface area contributed by atoms with E-state index in [9.17, 15) is 9.59 Å². The van der Waals surface area contributed by atoms with Crippen molar-refractivity contribution in [1.29, 1.82) is 0 Å². The number of piperazine rings is 1. The van der Waals surface area contributed by atoms with Crippen molar-refractivity contribution in [2.75, 3.05) is 44.7 Å². The number of hydrogen-bond acceptors (Lipinski definition) is 4. The molecule has 1 aliphatic carbocycles. The lowest BCUT2D eigenvalue weighted by atomic mass is 10.1. The fraction of sp³-hybridized carbons (Fsp3) is 0.579. The van der Waals surface area contributed by atoms with E-state index in [0.717, 1.165) is 50.5 Å². The molecule has 3 fully saturated rings. The third-order valence-electron chi connectivity index (χ3n) is 5.52. The average Bonchev–Trinajstić information content (AvgIpc) is 3.43. The normalized spacial score (nSPS) is 24.0. The van der Waals surface area contributed by atoms with Gasteiger partial charge in [0.05, 0.1) is 13.0 Å². The van der Waals surface area contributed by atoms with Gasteiger partial charge in [-0.05, 0) is 37.1 Å². The summed E-state index contributed by atoms with van der Waals surface area (Å²) in [6, 6.07) is 8.45. The van der Waals surface area contributed by atoms with Crippen molar-refractivity contribution in [2.45, 2.75) is 25.3 Å². The smallest absolute Gasteiger partial charge is 0.228 e. The quantitative estimate of drug-likeness (QED) is 0.828. The Hall–Kier alpha value is -2.24. The van der Waals surface area contributed by atoms with Gasteiger partial charge in [-0.25, -0.2) is 0 Å². The Kier molecular flexibility index (Phi) is 4.27. The van der Waals surface area contributed by atoms with Gasteiger partial charge in [0.1, 0.15) is 5.75 Å². The maximum atomic E-state index is 12.8. The molecule has 6 nitrogen and oxygen atoms in total. The highest BCUT2D eigenvalue weighted by atomic mass is 16.5. The molecule has 0 N–H and O–H groups in total. The Balaban J connectivity index is 1.32. The fourth-order valence-corrected chi connectivity index (χ4v) is 3.87. The molecule has 134 valence electrons. The Morgan fingerprint density at radius 3 is 2.36 bits per heavy atom. The van der Waals surface area contributed by atoms with Crippen molar-refractivity contribution in [2.24, 2.45) is 5.92 Å². The van der Waals surface area contributed by atoms with Gasteiger partial charge in [-0.1, -0.05) is 0 Å². The molecule has 1 saturated carbocycles. The van der Waals surface area contributed by atoms with Crippen molar-refractivity contribution >= 4 is 17.5 Å². The molecule has 0 unspecified atom stereocenters. The molecule has 2 aliphatic heterocycles. The lowest BCUT2D eigenvalue weighted by molar-refractivity contribution is -0.136. The summed E-state index contributed by atoms with van der Waals surface area (Å²) in [5.41, 5.74) is 1.16. The Bertz CT molecular complexity index is 648. The van der Waals surface area contributed by atoms with Crippen LogP contribution in [0.25, 0.3) is 0 Å². The Labute approximate surface area is 148 Å². The number of ether oxygens (including phenoxy) is 1. The van der Waals surface area contributed by atoms with Gasteiger partial charge in [-0.2, -0.15) is 0 Å². The number of amides is 2. The molecular weight excluding hydrogens is 318 g/mol. The van der Waals surface area contributed by atoms with Crippen molar-refractivity contribution in [1.82, 2.24) is 9.80 Å². The molecule has 25 heavy (non-hydrogen) atoms. The minimum atomic E-state index is -0.138. The second-order valence-corrected chi connectivity index (χ2v) is 7.19. The predicted octanol–water partition coefficient (Wildman–Crippen LogP) is 1.35. The highest BCUT2D eigenvalue weighted by Crippen LogP contribution is 2.33. The van der Waals surface area contributed by atoms with Crippen LogP contribution >= 0.6 is 0 Å². The lowest BCUT2D eigenvalue weighted by Crippen LogP contribution is -2.50. The summed E-state index contributed by atoms with van der Waals surface area (Å²) in [6.07, 6.45) is 2.61. The Morgan fingerprint density at radius 2 is 1.76 bits per heavy atom. The van der Waals surface area contributed by atoms with Crippen LogP contribution in [0.3, 0.4) is 0 Å². The molecule has 1 aromatic carbocycles. The molecule has 2 amide bonds. The van der Waals surface area contributed by atoms with Gasteiger partial charge in [0.2, 0.25) is 11.8 Å². The van der Waals surface area contributed by atoms with Crippen molar-refractivity contribution in [3.05, 3.63) is 24.3 Å². The highest BCUT2D eigenvalue weighted by Gasteiger charge is 2.43. The van der Waals surface area contributed by atoms with Crippen LogP contribution in [0.5, 0.6) is 5.75 Å². The second kappa shape index (κ2) is 6.58. The summed E-state index contributed by atoms with van der Waals surface area (Å²) < 4.78 is 5.20. The van der Waals surface area contributed by atoms with E-state index in [1.54, 1.807) is 7.11 Å². The Morgan fingerprint density at radius 1 is 1.08 bits per heavy atom. The predicted molar refractivity (Wildman–Crippen MR) is 94.6 cm³/mol. The monoisotopic (exact) mass is 343 g/mol. The van der Waals surface area contributed by atoms with Crippen LogP contribution in [-0.2, 0) is 9.59 Å². The minimum absolute atomic E-state index is 0.138. The van der Waals surface area contributed by atoms with E-state index in [2.05, 4.69) is 17.0 Å². The fourth-order valence-electron chi connectivity index (χ4n) is 3.87. The molecule has 0 spiro atoms. The highest BCUT2D eigenvalue weighted by molar-refractivity contribution is 5.89. The molecule has 6 heteroatoms. The van der Waals surface area contributed by atoms with Crippen molar-refractivity contribution in [3.8, 4) is 5.75 Å². The van der Waals surface area contributed by atoms with E-state index in [4.69, 9.17) is 4.74 Å². The summed E-state index contributed by atoms with van der Waals surface area (Å²) in [5, 5.41) is 0. The third-order valence-corrected chi connectivity index (χ3v) is 5.52. The molecule has 0 aromatic heterocycles. The average molecular weight is 343 g/mol. The van der Waals surface area contributed by atoms with Gasteiger partial charge >= 0.3 is 0 Å². The number of carbonyl (C=O) groups is 2. The summed E-state index contributed by atoms with van der Waals surface area (Å²) in [4.78, 5) is 31.0. The van der Waals surface area contributed by atoms with Crippen LogP contribution in [0.1, 0.15) is 19.3 Å². The van der Waals surface area contributed by atoms with Crippen molar-refractivity contribution in [3.63, 3.8) is 0 Å². The maximum absolute atomic E-state index is 12.8. The van der Waals surface area contributed by atoms with Crippen LogP contribution in [0.4, 0.5) is 5.69 Å². The first-order valence-electron chi connectivity index (χ1n) is 9.13. The number of nitrogens with zero attached hydrogens (tertiary/aromatic N) is 3. The summed E-state index contributed by atoms with van der Waals surface area (Å²) >= 11 is 0. The molecule has 1 aromatic rings. The molecule has 2 heterocycles. The first kappa shape index (κ1) is 16.2. The molecule has 3 aliphatic rings. The molecule has 0 radical (unpaired) electrons. The van der Waals surface area contributed by atoms with Crippen LogP contribution < -0.4 is 9.64 Å². The first-order chi connectivity index (χ1) is 12.2. The minimum Gasteiger partial charge on any atom is -0.497 e. The number of carbonyl (C=O) groups excluding carboxylic acids is 2. The van der Waals surface area contributed by atoms with Crippen LogP contribution in [0, 0.1) is 5.92 Å². The van der Waals surface area contributed by atoms with Gasteiger partial charge in [-0.3, -0.25) is 9.59 Å². The van der Waals surface area contributed by atoms with Gasteiger partial charge < -0.3 is 19.4 Å². The van der Waals surface area contributed by atoms with E-state index in [0.29, 0.717) is 19.0 Å². The number of anilines is 1. The van der Waals surface area contributed by atoms with E-state index < -0.39 is 0 Å². The molecule has 1 atom stereocenters. The molecule has 2 saturated heterocycles. The standard InChI is InChI=1S/C19H25N3O3/c1-25-17-6-4-15(5-7-17)20-8-10-21(11-9-20)19(24)14-12-18(23)22(13-14)16-2-3-16/h4-7,14,16H,2-3,8-13H2,1H3/t14-/m0/s1. The zero-order valence-electron chi connectivity index (χ0n) is 14.7. The molecular formula is C19H25N3O3. The summed E-state index contributed by atoms with van der Waals surface area (Å²) in [5.74, 6) is 1.04. The second-order valence-electron chi connectivity index (χ2n) is 7.19. The van der Waals surface area contributed by atoms with E-state index in [1.165, 1.54) is 0 Å². The van der Waals surface area contributed by atoms with Crippen LogP contribution in [0.15, 0.2) is 24.3 Å².